The van der Waals surface area contributed by atoms with Crippen molar-refractivity contribution < 1.29 is 18.6 Å². The van der Waals surface area contributed by atoms with Crippen LogP contribution in [0, 0.1) is 11.6 Å². The number of aliphatic hydroxyl groups excluding tert-OH is 1. The number of aliphatic hydroxyl groups is 1. The maximum Gasteiger partial charge on any atom is 0.167 e. The molecule has 3 aromatic carbocycles. The minimum atomic E-state index is -0.839. The van der Waals surface area contributed by atoms with Crippen LogP contribution in [0.3, 0.4) is 0 Å². The summed E-state index contributed by atoms with van der Waals surface area (Å²) >= 11 is 0. The third kappa shape index (κ3) is 7.13. The molecular formula is C29H34F2O2. The van der Waals surface area contributed by atoms with Crippen LogP contribution in [0.4, 0.5) is 8.78 Å². The van der Waals surface area contributed by atoms with Crippen molar-refractivity contribution in [3.8, 4) is 28.0 Å². The number of rotatable bonds is 13. The summed E-state index contributed by atoms with van der Waals surface area (Å²) in [6.07, 6.45) is 8.39. The predicted molar refractivity (Wildman–Crippen MR) is 132 cm³/mol. The minimum Gasteiger partial charge on any atom is -0.494 e. The van der Waals surface area contributed by atoms with Gasteiger partial charge in [-0.15, -0.1) is 0 Å². The Morgan fingerprint density at radius 2 is 1.24 bits per heavy atom. The average Bonchev–Trinajstić information content (AvgIpc) is 2.84. The molecular weight excluding hydrogens is 418 g/mol. The van der Waals surface area contributed by atoms with Crippen molar-refractivity contribution in [1.29, 1.82) is 0 Å². The van der Waals surface area contributed by atoms with E-state index in [2.05, 4.69) is 6.92 Å². The van der Waals surface area contributed by atoms with Crippen molar-refractivity contribution in [2.75, 3.05) is 13.2 Å². The van der Waals surface area contributed by atoms with Crippen molar-refractivity contribution in [1.82, 2.24) is 0 Å². The molecule has 33 heavy (non-hydrogen) atoms. The van der Waals surface area contributed by atoms with Gasteiger partial charge in [-0.25, -0.2) is 8.78 Å². The molecule has 0 aliphatic rings. The second-order valence-electron chi connectivity index (χ2n) is 8.45. The summed E-state index contributed by atoms with van der Waals surface area (Å²) in [7, 11) is 0. The van der Waals surface area contributed by atoms with Crippen LogP contribution in [-0.4, -0.2) is 18.3 Å². The van der Waals surface area contributed by atoms with Gasteiger partial charge in [-0.3, -0.25) is 0 Å². The Hall–Kier alpha value is -2.72. The molecule has 0 spiro atoms. The van der Waals surface area contributed by atoms with Crippen LogP contribution in [0.2, 0.25) is 0 Å². The Bertz CT molecular complexity index is 982. The van der Waals surface area contributed by atoms with Gasteiger partial charge in [-0.1, -0.05) is 74.7 Å². The fourth-order valence-electron chi connectivity index (χ4n) is 3.91. The Morgan fingerprint density at radius 3 is 1.82 bits per heavy atom. The number of hydrogen-bond donors (Lipinski definition) is 1. The summed E-state index contributed by atoms with van der Waals surface area (Å²) in [6, 6.07) is 18.1. The SMILES string of the molecule is CCCCCCc1ccc(-c2ccc(-c3ccc(OCCCCCO)cc3)c(F)c2F)cc1. The smallest absolute Gasteiger partial charge is 0.167 e. The van der Waals surface area contributed by atoms with E-state index in [0.717, 1.165) is 32.1 Å². The Labute approximate surface area is 196 Å². The summed E-state index contributed by atoms with van der Waals surface area (Å²) in [5, 5.41) is 8.80. The molecule has 0 bridgehead atoms. The lowest BCUT2D eigenvalue weighted by atomic mass is 9.97. The number of aryl methyl sites for hydroxylation is 1. The van der Waals surface area contributed by atoms with Crippen molar-refractivity contribution in [3.05, 3.63) is 77.9 Å². The van der Waals surface area contributed by atoms with Crippen LogP contribution in [0.1, 0.15) is 57.4 Å². The van der Waals surface area contributed by atoms with E-state index in [-0.39, 0.29) is 17.7 Å². The van der Waals surface area contributed by atoms with E-state index in [1.165, 1.54) is 24.8 Å². The van der Waals surface area contributed by atoms with Crippen LogP contribution >= 0.6 is 0 Å². The fraction of sp³-hybridized carbons (Fsp3) is 0.379. The fourth-order valence-corrected chi connectivity index (χ4v) is 3.91. The minimum absolute atomic E-state index is 0.194. The molecule has 0 heterocycles. The molecule has 0 saturated heterocycles. The van der Waals surface area contributed by atoms with Gasteiger partial charge in [0.05, 0.1) is 6.61 Å². The van der Waals surface area contributed by atoms with Crippen molar-refractivity contribution in [2.45, 2.75) is 58.3 Å². The molecule has 1 N–H and O–H groups in total. The summed E-state index contributed by atoms with van der Waals surface area (Å²) < 4.78 is 35.6. The molecule has 0 aliphatic heterocycles. The summed E-state index contributed by atoms with van der Waals surface area (Å²) in [5.41, 5.74) is 3.02. The average molecular weight is 453 g/mol. The number of ether oxygens (including phenoxy) is 1. The number of benzene rings is 3. The van der Waals surface area contributed by atoms with Gasteiger partial charge < -0.3 is 9.84 Å². The highest BCUT2D eigenvalue weighted by atomic mass is 19.2. The van der Waals surface area contributed by atoms with Gasteiger partial charge >= 0.3 is 0 Å². The molecule has 176 valence electrons. The molecule has 0 unspecified atom stereocenters. The lowest BCUT2D eigenvalue weighted by Gasteiger charge is -2.11. The van der Waals surface area contributed by atoms with Crippen LogP contribution in [-0.2, 0) is 6.42 Å². The Morgan fingerprint density at radius 1 is 0.667 bits per heavy atom. The van der Waals surface area contributed by atoms with Crippen LogP contribution in [0.15, 0.2) is 60.7 Å². The van der Waals surface area contributed by atoms with E-state index in [4.69, 9.17) is 9.84 Å². The first kappa shape index (κ1) is 24.9. The molecule has 0 fully saturated rings. The zero-order valence-electron chi connectivity index (χ0n) is 19.5. The Balaban J connectivity index is 1.66. The van der Waals surface area contributed by atoms with E-state index in [1.54, 1.807) is 36.4 Å². The quantitative estimate of drug-likeness (QED) is 0.267. The molecule has 0 radical (unpaired) electrons. The highest BCUT2D eigenvalue weighted by Crippen LogP contribution is 2.32. The maximum absolute atomic E-state index is 15.0. The predicted octanol–water partition coefficient (Wildman–Crippen LogP) is 7.96. The second-order valence-corrected chi connectivity index (χ2v) is 8.45. The van der Waals surface area contributed by atoms with E-state index in [0.29, 0.717) is 23.5 Å². The summed E-state index contributed by atoms with van der Waals surface area (Å²) in [5.74, 6) is -0.976. The first-order valence-electron chi connectivity index (χ1n) is 12.1. The first-order chi connectivity index (χ1) is 16.1. The van der Waals surface area contributed by atoms with Gasteiger partial charge in [0.2, 0.25) is 0 Å². The van der Waals surface area contributed by atoms with E-state index < -0.39 is 11.6 Å². The normalized spacial score (nSPS) is 11.0. The number of hydrogen-bond acceptors (Lipinski definition) is 2. The van der Waals surface area contributed by atoms with Crippen LogP contribution < -0.4 is 4.74 Å². The van der Waals surface area contributed by atoms with Crippen molar-refractivity contribution in [3.63, 3.8) is 0 Å². The first-order valence-corrected chi connectivity index (χ1v) is 12.1. The lowest BCUT2D eigenvalue weighted by Crippen LogP contribution is -1.98. The van der Waals surface area contributed by atoms with E-state index in [9.17, 15) is 8.78 Å². The van der Waals surface area contributed by atoms with E-state index >= 15 is 0 Å². The molecule has 0 saturated carbocycles. The summed E-state index contributed by atoms with van der Waals surface area (Å²) in [6.45, 7) is 2.95. The molecule has 4 heteroatoms. The van der Waals surface area contributed by atoms with Crippen LogP contribution in [0.25, 0.3) is 22.3 Å². The largest absolute Gasteiger partial charge is 0.494 e. The van der Waals surface area contributed by atoms with Crippen molar-refractivity contribution >= 4 is 0 Å². The van der Waals surface area contributed by atoms with Gasteiger partial charge in [-0.05, 0) is 60.9 Å². The standard InChI is InChI=1S/C29H34F2O2/c1-2-3-4-6-9-22-10-12-23(13-11-22)26-18-19-27(29(31)28(26)30)24-14-16-25(17-15-24)33-21-8-5-7-20-32/h10-19,32H,2-9,20-21H2,1H3. The highest BCUT2D eigenvalue weighted by Gasteiger charge is 2.16. The van der Waals surface area contributed by atoms with E-state index in [1.807, 2.05) is 24.3 Å². The van der Waals surface area contributed by atoms with Crippen LogP contribution in [0.5, 0.6) is 5.75 Å². The molecule has 0 atom stereocenters. The molecule has 0 aliphatic carbocycles. The summed E-state index contributed by atoms with van der Waals surface area (Å²) in [4.78, 5) is 0. The van der Waals surface area contributed by atoms with Gasteiger partial charge in [0.15, 0.2) is 11.6 Å². The number of halogens is 2. The monoisotopic (exact) mass is 452 g/mol. The van der Waals surface area contributed by atoms with Gasteiger partial charge in [0.1, 0.15) is 5.75 Å². The zero-order valence-corrected chi connectivity index (χ0v) is 19.5. The van der Waals surface area contributed by atoms with Gasteiger partial charge in [0.25, 0.3) is 0 Å². The number of unbranched alkanes of at least 4 members (excludes halogenated alkanes) is 5. The Kier molecular flexibility index (Phi) is 9.89. The third-order valence-corrected chi connectivity index (χ3v) is 5.90. The van der Waals surface area contributed by atoms with Gasteiger partial charge in [0, 0.05) is 17.7 Å². The van der Waals surface area contributed by atoms with Gasteiger partial charge in [-0.2, -0.15) is 0 Å². The highest BCUT2D eigenvalue weighted by molar-refractivity contribution is 5.72. The molecule has 3 rings (SSSR count). The lowest BCUT2D eigenvalue weighted by molar-refractivity contribution is 0.266. The molecule has 0 amide bonds. The topological polar surface area (TPSA) is 29.5 Å². The zero-order chi connectivity index (χ0) is 23.5. The van der Waals surface area contributed by atoms with Crippen molar-refractivity contribution in [2.24, 2.45) is 0 Å². The maximum atomic E-state index is 15.0. The second kappa shape index (κ2) is 13.1. The molecule has 2 nitrogen and oxygen atoms in total. The molecule has 3 aromatic rings. The molecule has 0 aromatic heterocycles. The third-order valence-electron chi connectivity index (χ3n) is 5.90.